The molecule has 0 radical (unpaired) electrons. The summed E-state index contributed by atoms with van der Waals surface area (Å²) in [4.78, 5) is 12.9. The van der Waals surface area contributed by atoms with Crippen molar-refractivity contribution >= 4 is 17.5 Å². The van der Waals surface area contributed by atoms with E-state index in [2.05, 4.69) is 0 Å². The average molecular weight is 222 g/mol. The van der Waals surface area contributed by atoms with Crippen LogP contribution in [0.5, 0.6) is 5.75 Å². The summed E-state index contributed by atoms with van der Waals surface area (Å²) in [7, 11) is 3.23. The van der Waals surface area contributed by atoms with Crippen molar-refractivity contribution < 1.29 is 14.3 Å². The maximum absolute atomic E-state index is 11.5. The Morgan fingerprint density at radius 1 is 1.50 bits per heavy atom. The Labute approximate surface area is 93.7 Å². The fourth-order valence-electron chi connectivity index (χ4n) is 1.82. The monoisotopic (exact) mass is 222 g/mol. The van der Waals surface area contributed by atoms with Gasteiger partial charge in [0.15, 0.2) is 0 Å². The molecule has 0 aliphatic carbocycles. The average Bonchev–Trinajstić information content (AvgIpc) is 2.42. The molecule has 0 spiro atoms. The van der Waals surface area contributed by atoms with Crippen LogP contribution in [0.2, 0.25) is 0 Å². The third-order valence-corrected chi connectivity index (χ3v) is 2.73. The highest BCUT2D eigenvalue weighted by atomic mass is 16.6. The molecule has 1 aliphatic heterocycles. The molecule has 2 N–H and O–H groups in total. The first-order valence-electron chi connectivity index (χ1n) is 5.01. The fraction of sp³-hybridized carbons (Fsp3) is 0.364. The van der Waals surface area contributed by atoms with Crippen molar-refractivity contribution in [2.24, 2.45) is 0 Å². The lowest BCUT2D eigenvalue weighted by Crippen LogP contribution is -2.25. The van der Waals surface area contributed by atoms with E-state index < -0.39 is 0 Å². The van der Waals surface area contributed by atoms with Crippen molar-refractivity contribution in [3.63, 3.8) is 0 Å². The third-order valence-electron chi connectivity index (χ3n) is 2.73. The molecule has 1 aliphatic rings. The number of rotatable bonds is 1. The molecule has 0 fully saturated rings. The zero-order chi connectivity index (χ0) is 11.7. The number of nitrogens with zero attached hydrogens (tertiary/aromatic N) is 1. The Bertz CT molecular complexity index is 431. The SMILES string of the molecule is COc1ccc2c(c1N)CCOC(=O)N2C. The van der Waals surface area contributed by atoms with Gasteiger partial charge in [-0.1, -0.05) is 0 Å². The van der Waals surface area contributed by atoms with Gasteiger partial charge in [0.25, 0.3) is 0 Å². The first kappa shape index (κ1) is 10.6. The van der Waals surface area contributed by atoms with Crippen molar-refractivity contribution in [2.75, 3.05) is 31.4 Å². The molecule has 0 saturated heterocycles. The molecule has 0 aromatic heterocycles. The molecule has 1 aromatic carbocycles. The number of ether oxygens (including phenoxy) is 2. The summed E-state index contributed by atoms with van der Waals surface area (Å²) in [6, 6.07) is 3.57. The number of methoxy groups -OCH3 is 1. The normalized spacial score (nSPS) is 15.1. The summed E-state index contributed by atoms with van der Waals surface area (Å²) in [6.45, 7) is 0.341. The quantitative estimate of drug-likeness (QED) is 0.729. The predicted octanol–water partition coefficient (Wildman–Crippen LogP) is 1.41. The summed E-state index contributed by atoms with van der Waals surface area (Å²) in [5, 5.41) is 0. The van der Waals surface area contributed by atoms with Gasteiger partial charge < -0.3 is 15.2 Å². The summed E-state index contributed by atoms with van der Waals surface area (Å²) < 4.78 is 10.2. The van der Waals surface area contributed by atoms with Gasteiger partial charge in [-0.15, -0.1) is 0 Å². The molecular formula is C11H14N2O3. The van der Waals surface area contributed by atoms with Crippen molar-refractivity contribution in [3.05, 3.63) is 17.7 Å². The van der Waals surface area contributed by atoms with Gasteiger partial charge in [-0.2, -0.15) is 0 Å². The van der Waals surface area contributed by atoms with Gasteiger partial charge >= 0.3 is 6.09 Å². The lowest BCUT2D eigenvalue weighted by atomic mass is 10.1. The van der Waals surface area contributed by atoms with Crippen LogP contribution >= 0.6 is 0 Å². The molecule has 0 saturated carbocycles. The van der Waals surface area contributed by atoms with Crippen LogP contribution in [0.1, 0.15) is 5.56 Å². The molecule has 0 unspecified atom stereocenters. The van der Waals surface area contributed by atoms with Gasteiger partial charge in [-0.05, 0) is 12.1 Å². The predicted molar refractivity (Wildman–Crippen MR) is 60.9 cm³/mol. The molecule has 1 heterocycles. The summed E-state index contributed by atoms with van der Waals surface area (Å²) in [5.41, 5.74) is 8.22. The highest BCUT2D eigenvalue weighted by Crippen LogP contribution is 2.34. The van der Waals surface area contributed by atoms with Crippen LogP contribution in [0.4, 0.5) is 16.2 Å². The minimum atomic E-state index is -0.358. The number of fused-ring (bicyclic) bond motifs is 1. The molecule has 0 bridgehead atoms. The summed E-state index contributed by atoms with van der Waals surface area (Å²) in [6.07, 6.45) is 0.248. The Hall–Kier alpha value is -1.91. The van der Waals surface area contributed by atoms with E-state index in [9.17, 15) is 4.79 Å². The molecule has 86 valence electrons. The van der Waals surface area contributed by atoms with Gasteiger partial charge in [-0.3, -0.25) is 4.90 Å². The second-order valence-electron chi connectivity index (χ2n) is 3.60. The van der Waals surface area contributed by atoms with E-state index in [1.165, 1.54) is 4.90 Å². The van der Waals surface area contributed by atoms with E-state index in [4.69, 9.17) is 15.2 Å². The number of carbonyl (C=O) groups is 1. The third kappa shape index (κ3) is 1.54. The molecule has 0 atom stereocenters. The molecule has 2 rings (SSSR count). The molecular weight excluding hydrogens is 208 g/mol. The van der Waals surface area contributed by atoms with E-state index in [1.807, 2.05) is 6.07 Å². The lowest BCUT2D eigenvalue weighted by molar-refractivity contribution is 0.159. The Morgan fingerprint density at radius 3 is 2.94 bits per heavy atom. The van der Waals surface area contributed by atoms with Crippen molar-refractivity contribution in [1.29, 1.82) is 0 Å². The van der Waals surface area contributed by atoms with Gasteiger partial charge in [0.1, 0.15) is 5.75 Å². The van der Waals surface area contributed by atoms with Crippen LogP contribution in [0.3, 0.4) is 0 Å². The number of amides is 1. The molecule has 16 heavy (non-hydrogen) atoms. The lowest BCUT2D eigenvalue weighted by Gasteiger charge is -2.18. The van der Waals surface area contributed by atoms with Crippen molar-refractivity contribution in [2.45, 2.75) is 6.42 Å². The van der Waals surface area contributed by atoms with Gasteiger partial charge in [0, 0.05) is 19.0 Å². The van der Waals surface area contributed by atoms with E-state index in [-0.39, 0.29) is 6.09 Å². The number of hydrogen-bond donors (Lipinski definition) is 1. The first-order valence-corrected chi connectivity index (χ1v) is 5.01. The Morgan fingerprint density at radius 2 is 2.25 bits per heavy atom. The largest absolute Gasteiger partial charge is 0.495 e. The van der Waals surface area contributed by atoms with Crippen LogP contribution in [0.25, 0.3) is 0 Å². The fourth-order valence-corrected chi connectivity index (χ4v) is 1.82. The zero-order valence-electron chi connectivity index (χ0n) is 9.32. The number of carbonyl (C=O) groups excluding carboxylic acids is 1. The van der Waals surface area contributed by atoms with E-state index >= 15 is 0 Å². The number of nitrogens with two attached hydrogens (primary N) is 1. The van der Waals surface area contributed by atoms with E-state index in [0.29, 0.717) is 24.5 Å². The maximum atomic E-state index is 11.5. The van der Waals surface area contributed by atoms with Crippen molar-refractivity contribution in [3.8, 4) is 5.75 Å². The second-order valence-corrected chi connectivity index (χ2v) is 3.60. The van der Waals surface area contributed by atoms with Crippen LogP contribution in [-0.2, 0) is 11.2 Å². The number of hydrogen-bond acceptors (Lipinski definition) is 4. The van der Waals surface area contributed by atoms with Crippen LogP contribution in [0, 0.1) is 0 Å². The van der Waals surface area contributed by atoms with Crippen LogP contribution < -0.4 is 15.4 Å². The highest BCUT2D eigenvalue weighted by molar-refractivity contribution is 5.90. The Balaban J connectivity index is 2.55. The minimum Gasteiger partial charge on any atom is -0.495 e. The standard InChI is InChI=1S/C11H14N2O3/c1-13-8-3-4-9(15-2)10(12)7(8)5-6-16-11(13)14/h3-4H,5-6,12H2,1-2H3. The Kier molecular flexibility index (Phi) is 2.60. The maximum Gasteiger partial charge on any atom is 0.414 e. The number of nitrogen functional groups attached to an aromatic ring is 1. The van der Waals surface area contributed by atoms with Crippen LogP contribution in [-0.4, -0.2) is 26.9 Å². The second kappa shape index (κ2) is 3.92. The van der Waals surface area contributed by atoms with Gasteiger partial charge in [0.05, 0.1) is 25.1 Å². The summed E-state index contributed by atoms with van der Waals surface area (Å²) >= 11 is 0. The smallest absolute Gasteiger partial charge is 0.414 e. The van der Waals surface area contributed by atoms with E-state index in [1.54, 1.807) is 20.2 Å². The van der Waals surface area contributed by atoms with Gasteiger partial charge in [-0.25, -0.2) is 4.79 Å². The topological polar surface area (TPSA) is 64.8 Å². The van der Waals surface area contributed by atoms with E-state index in [0.717, 1.165) is 11.3 Å². The first-order chi connectivity index (χ1) is 7.65. The molecule has 5 nitrogen and oxygen atoms in total. The number of cyclic esters (lactones) is 1. The molecule has 5 heteroatoms. The zero-order valence-corrected chi connectivity index (χ0v) is 9.32. The minimum absolute atomic E-state index is 0.341. The molecule has 1 amide bonds. The van der Waals surface area contributed by atoms with Crippen molar-refractivity contribution in [1.82, 2.24) is 0 Å². The van der Waals surface area contributed by atoms with Crippen LogP contribution in [0.15, 0.2) is 12.1 Å². The molecule has 1 aromatic rings. The highest BCUT2D eigenvalue weighted by Gasteiger charge is 2.22. The van der Waals surface area contributed by atoms with Gasteiger partial charge in [0.2, 0.25) is 0 Å². The number of anilines is 2. The number of benzene rings is 1. The summed E-state index contributed by atoms with van der Waals surface area (Å²) in [5.74, 6) is 0.626.